The van der Waals surface area contributed by atoms with Gasteiger partial charge < -0.3 is 10.8 Å². The van der Waals surface area contributed by atoms with Gasteiger partial charge in [0.15, 0.2) is 0 Å². The molecule has 2 heteroatoms. The minimum Gasteiger partial charge on any atom is -0.391 e. The van der Waals surface area contributed by atoms with Gasteiger partial charge in [0.05, 0.1) is 6.10 Å². The summed E-state index contributed by atoms with van der Waals surface area (Å²) in [5.74, 6) is 0. The summed E-state index contributed by atoms with van der Waals surface area (Å²) in [6, 6.07) is 12.5. The third kappa shape index (κ3) is 2.08. The Balaban J connectivity index is 2.50. The molecular formula is C14H17NO. The maximum absolute atomic E-state index is 9.62. The molecule has 0 aromatic heterocycles. The average molecular weight is 215 g/mol. The Labute approximate surface area is 95.7 Å². The molecule has 0 spiro atoms. The van der Waals surface area contributed by atoms with E-state index in [1.807, 2.05) is 12.1 Å². The van der Waals surface area contributed by atoms with Crippen LogP contribution in [0.3, 0.4) is 0 Å². The van der Waals surface area contributed by atoms with E-state index in [0.717, 1.165) is 0 Å². The number of nitrogens with two attached hydrogens (primary N) is 1. The molecule has 0 saturated heterocycles. The lowest BCUT2D eigenvalue weighted by atomic mass is 9.97. The van der Waals surface area contributed by atoms with E-state index in [-0.39, 0.29) is 0 Å². The number of rotatable bonds is 3. The van der Waals surface area contributed by atoms with Gasteiger partial charge in [-0.3, -0.25) is 0 Å². The van der Waals surface area contributed by atoms with Crippen LogP contribution in [0.15, 0.2) is 36.4 Å². The van der Waals surface area contributed by atoms with Crippen LogP contribution in [0.25, 0.3) is 10.8 Å². The van der Waals surface area contributed by atoms with Crippen molar-refractivity contribution in [2.45, 2.75) is 19.4 Å². The Bertz CT molecular complexity index is 493. The van der Waals surface area contributed by atoms with Gasteiger partial charge in [-0.05, 0) is 28.8 Å². The Morgan fingerprint density at radius 2 is 1.81 bits per heavy atom. The van der Waals surface area contributed by atoms with E-state index in [2.05, 4.69) is 31.2 Å². The Hall–Kier alpha value is -1.38. The third-order valence-electron chi connectivity index (χ3n) is 2.96. The van der Waals surface area contributed by atoms with Crippen LogP contribution in [-0.2, 0) is 6.42 Å². The molecule has 2 aromatic rings. The summed E-state index contributed by atoms with van der Waals surface area (Å²) in [5, 5.41) is 12.1. The van der Waals surface area contributed by atoms with E-state index in [9.17, 15) is 5.11 Å². The van der Waals surface area contributed by atoms with Gasteiger partial charge in [-0.1, -0.05) is 36.4 Å². The second kappa shape index (κ2) is 4.64. The molecule has 1 atom stereocenters. The predicted molar refractivity (Wildman–Crippen MR) is 67.5 cm³/mol. The zero-order valence-corrected chi connectivity index (χ0v) is 9.48. The summed E-state index contributed by atoms with van der Waals surface area (Å²) in [6.07, 6.45) is 0.170. The molecule has 0 aliphatic heterocycles. The zero-order valence-electron chi connectivity index (χ0n) is 9.48. The average Bonchev–Trinajstić information content (AvgIpc) is 2.33. The van der Waals surface area contributed by atoms with Crippen molar-refractivity contribution in [2.75, 3.05) is 6.54 Å². The van der Waals surface area contributed by atoms with Crippen LogP contribution in [-0.4, -0.2) is 17.8 Å². The van der Waals surface area contributed by atoms with Crippen molar-refractivity contribution in [3.05, 3.63) is 47.5 Å². The van der Waals surface area contributed by atoms with Crippen LogP contribution in [0.1, 0.15) is 11.1 Å². The number of aliphatic hydroxyl groups is 1. The van der Waals surface area contributed by atoms with Crippen molar-refractivity contribution in [3.8, 4) is 0 Å². The van der Waals surface area contributed by atoms with Gasteiger partial charge in [0.25, 0.3) is 0 Å². The molecule has 0 aliphatic carbocycles. The number of benzene rings is 2. The predicted octanol–water partition coefficient (Wildman–Crippen LogP) is 2.01. The van der Waals surface area contributed by atoms with Crippen molar-refractivity contribution in [1.29, 1.82) is 0 Å². The molecule has 0 fully saturated rings. The van der Waals surface area contributed by atoms with E-state index >= 15 is 0 Å². The van der Waals surface area contributed by atoms with Crippen molar-refractivity contribution in [3.63, 3.8) is 0 Å². The Kier molecular flexibility index (Phi) is 3.22. The molecule has 0 saturated carbocycles. The van der Waals surface area contributed by atoms with E-state index in [1.54, 1.807) is 0 Å². The highest BCUT2D eigenvalue weighted by atomic mass is 16.3. The number of aliphatic hydroxyl groups excluding tert-OH is 1. The molecule has 2 rings (SSSR count). The van der Waals surface area contributed by atoms with E-state index in [4.69, 9.17) is 5.73 Å². The fourth-order valence-electron chi connectivity index (χ4n) is 2.03. The lowest BCUT2D eigenvalue weighted by molar-refractivity contribution is 0.184. The summed E-state index contributed by atoms with van der Waals surface area (Å²) in [5.41, 5.74) is 7.88. The largest absolute Gasteiger partial charge is 0.391 e. The zero-order chi connectivity index (χ0) is 11.5. The van der Waals surface area contributed by atoms with Gasteiger partial charge in [-0.25, -0.2) is 0 Å². The van der Waals surface area contributed by atoms with Gasteiger partial charge in [0.1, 0.15) is 0 Å². The Morgan fingerprint density at radius 1 is 1.12 bits per heavy atom. The molecule has 3 N–H and O–H groups in total. The molecule has 0 bridgehead atoms. The lowest BCUT2D eigenvalue weighted by Gasteiger charge is -2.12. The molecule has 84 valence electrons. The van der Waals surface area contributed by atoms with Crippen molar-refractivity contribution in [1.82, 2.24) is 0 Å². The summed E-state index contributed by atoms with van der Waals surface area (Å²) < 4.78 is 0. The van der Waals surface area contributed by atoms with Gasteiger partial charge >= 0.3 is 0 Å². The first kappa shape index (κ1) is 11.1. The van der Waals surface area contributed by atoms with Crippen LogP contribution in [0.5, 0.6) is 0 Å². The minimum absolute atomic E-state index is 0.308. The standard InChI is InChI=1S/C14H17NO/c1-10-6-7-11(8-12(16)9-15)14-5-3-2-4-13(10)14/h2-7,12,16H,8-9,15H2,1H3. The second-order valence-electron chi connectivity index (χ2n) is 4.18. The van der Waals surface area contributed by atoms with Gasteiger partial charge in [-0.2, -0.15) is 0 Å². The maximum atomic E-state index is 9.62. The summed E-state index contributed by atoms with van der Waals surface area (Å²) >= 11 is 0. The van der Waals surface area contributed by atoms with Crippen molar-refractivity contribution < 1.29 is 5.11 Å². The highest BCUT2D eigenvalue weighted by Gasteiger charge is 2.07. The molecule has 2 aromatic carbocycles. The first-order valence-electron chi connectivity index (χ1n) is 5.57. The highest BCUT2D eigenvalue weighted by molar-refractivity contribution is 5.88. The third-order valence-corrected chi connectivity index (χ3v) is 2.96. The van der Waals surface area contributed by atoms with Crippen LogP contribution in [0.2, 0.25) is 0 Å². The fraction of sp³-hybridized carbons (Fsp3) is 0.286. The fourth-order valence-corrected chi connectivity index (χ4v) is 2.03. The van der Waals surface area contributed by atoms with Crippen molar-refractivity contribution >= 4 is 10.8 Å². The summed E-state index contributed by atoms with van der Waals surface area (Å²) in [6.45, 7) is 2.41. The first-order valence-corrected chi connectivity index (χ1v) is 5.57. The summed E-state index contributed by atoms with van der Waals surface area (Å²) in [7, 11) is 0. The monoisotopic (exact) mass is 215 g/mol. The number of fused-ring (bicyclic) bond motifs is 1. The Morgan fingerprint density at radius 3 is 2.50 bits per heavy atom. The molecular weight excluding hydrogens is 198 g/mol. The number of hydrogen-bond acceptors (Lipinski definition) is 2. The topological polar surface area (TPSA) is 46.2 Å². The van der Waals surface area contributed by atoms with Crippen LogP contribution >= 0.6 is 0 Å². The molecule has 16 heavy (non-hydrogen) atoms. The maximum Gasteiger partial charge on any atom is 0.0702 e. The first-order chi connectivity index (χ1) is 7.72. The van der Waals surface area contributed by atoms with Gasteiger partial charge in [0, 0.05) is 13.0 Å². The highest BCUT2D eigenvalue weighted by Crippen LogP contribution is 2.23. The SMILES string of the molecule is Cc1ccc(CC(O)CN)c2ccccc12. The van der Waals surface area contributed by atoms with Crippen molar-refractivity contribution in [2.24, 2.45) is 5.73 Å². The van der Waals surface area contributed by atoms with Crippen LogP contribution in [0, 0.1) is 6.92 Å². The molecule has 2 nitrogen and oxygen atoms in total. The normalized spacial score (nSPS) is 12.9. The lowest BCUT2D eigenvalue weighted by Crippen LogP contribution is -2.22. The van der Waals surface area contributed by atoms with Crippen LogP contribution in [0.4, 0.5) is 0 Å². The summed E-state index contributed by atoms with van der Waals surface area (Å²) in [4.78, 5) is 0. The molecule has 0 amide bonds. The van der Waals surface area contributed by atoms with E-state index in [1.165, 1.54) is 21.9 Å². The minimum atomic E-state index is -0.453. The number of hydrogen-bond donors (Lipinski definition) is 2. The quantitative estimate of drug-likeness (QED) is 0.822. The van der Waals surface area contributed by atoms with Gasteiger partial charge in [-0.15, -0.1) is 0 Å². The van der Waals surface area contributed by atoms with E-state index < -0.39 is 6.10 Å². The molecule has 0 aliphatic rings. The molecule has 0 radical (unpaired) electrons. The number of aryl methyl sites for hydroxylation is 1. The molecule has 0 heterocycles. The smallest absolute Gasteiger partial charge is 0.0702 e. The van der Waals surface area contributed by atoms with Crippen LogP contribution < -0.4 is 5.73 Å². The van der Waals surface area contributed by atoms with Gasteiger partial charge in [0.2, 0.25) is 0 Å². The molecule has 1 unspecified atom stereocenters. The second-order valence-corrected chi connectivity index (χ2v) is 4.18. The van der Waals surface area contributed by atoms with E-state index in [0.29, 0.717) is 13.0 Å².